The summed E-state index contributed by atoms with van der Waals surface area (Å²) in [5.41, 5.74) is 1.32. The zero-order valence-corrected chi connectivity index (χ0v) is 54.3. The summed E-state index contributed by atoms with van der Waals surface area (Å²) in [5.74, 6) is -5.49. The van der Waals surface area contributed by atoms with E-state index < -0.39 is 108 Å². The minimum absolute atomic E-state index is 0.0269. The van der Waals surface area contributed by atoms with Gasteiger partial charge in [-0.15, -0.1) is 0 Å². The Balaban J connectivity index is 1.48. The van der Waals surface area contributed by atoms with Gasteiger partial charge in [0, 0.05) is 66.1 Å². The second-order valence-corrected chi connectivity index (χ2v) is 25.3. The average molecular weight is 1220 g/mol. The average Bonchev–Trinajstić information content (AvgIpc) is 3.03. The molecule has 0 radical (unpaired) electrons. The molecule has 5 rings (SSSR count). The molecule has 22 heteroatoms. The van der Waals surface area contributed by atoms with E-state index in [1.807, 2.05) is 79.7 Å². The molecule has 0 spiro atoms. The quantitative estimate of drug-likeness (QED) is 0.134. The molecule has 0 aliphatic carbocycles. The van der Waals surface area contributed by atoms with Gasteiger partial charge in [-0.1, -0.05) is 104 Å². The first-order chi connectivity index (χ1) is 41.6. The molecule has 480 valence electrons. The van der Waals surface area contributed by atoms with E-state index in [0.29, 0.717) is 49.6 Å². The van der Waals surface area contributed by atoms with Crippen molar-refractivity contribution < 1.29 is 47.9 Å². The molecule has 0 saturated carbocycles. The summed E-state index contributed by atoms with van der Waals surface area (Å²) in [4.78, 5) is 161. The maximum atomic E-state index is 14.8. The number of hydrogen-bond acceptors (Lipinski definition) is 12. The number of fused-ring (bicyclic) bond motifs is 2. The highest BCUT2D eigenvalue weighted by molar-refractivity contribution is 6.00. The number of rotatable bonds is 12. The fraction of sp³-hybridized carbons (Fsp3) is 0.576. The zero-order valence-electron chi connectivity index (χ0n) is 54.3. The van der Waals surface area contributed by atoms with E-state index in [9.17, 15) is 47.9 Å². The summed E-state index contributed by atoms with van der Waals surface area (Å²) in [5, 5.41) is 13.3. The third-order valence-electron chi connectivity index (χ3n) is 16.1. The maximum absolute atomic E-state index is 14.8. The van der Waals surface area contributed by atoms with Crippen molar-refractivity contribution >= 4 is 80.9 Å². The van der Waals surface area contributed by atoms with Crippen molar-refractivity contribution in [1.82, 2.24) is 60.6 Å². The summed E-state index contributed by atoms with van der Waals surface area (Å²) in [6, 6.07) is 15.0. The SMILES string of the molecule is CC(C)C[C@H]1C(=O)NCCCC[C@H](NC(=O)c2ccc3ccccc3n2)C(=O)N(C)[C@@H](CC(C)C)C(=O)N(C)CC(=O)N(C)[C@@H](CC(C)C)C(=O)NCCCC[C@H](NC(=O)c2ccc3ccccc3n2)C(=O)N(C)[C@@H](CC(C)C)C(=O)N(C)CC(=O)N1C. The lowest BCUT2D eigenvalue weighted by atomic mass is 9.99. The molecule has 1 aliphatic heterocycles. The van der Waals surface area contributed by atoms with Gasteiger partial charge in [-0.25, -0.2) is 9.97 Å². The Labute approximate surface area is 519 Å². The molecule has 0 bridgehead atoms. The van der Waals surface area contributed by atoms with Gasteiger partial charge in [0.05, 0.1) is 24.1 Å². The predicted octanol–water partition coefficient (Wildman–Crippen LogP) is 5.68. The van der Waals surface area contributed by atoms with Crippen LogP contribution in [-0.2, 0) is 38.4 Å². The molecule has 3 heterocycles. The van der Waals surface area contributed by atoms with E-state index in [2.05, 4.69) is 31.2 Å². The number of carbonyl (C=O) groups is 10. The van der Waals surface area contributed by atoms with Crippen LogP contribution in [0.25, 0.3) is 21.8 Å². The van der Waals surface area contributed by atoms with Gasteiger partial charge in [0.15, 0.2) is 0 Å². The topological polar surface area (TPSA) is 264 Å². The number of nitrogens with one attached hydrogen (secondary N) is 4. The number of nitrogens with zero attached hydrogens (tertiary/aromatic N) is 8. The molecule has 10 amide bonds. The number of pyridine rings is 2. The Kier molecular flexibility index (Phi) is 26.8. The molecule has 4 N–H and O–H groups in total. The van der Waals surface area contributed by atoms with Crippen molar-refractivity contribution in [3.05, 3.63) is 84.2 Å². The Morgan fingerprint density at radius 3 is 1.11 bits per heavy atom. The molecule has 2 aromatic carbocycles. The van der Waals surface area contributed by atoms with E-state index in [1.54, 1.807) is 48.5 Å². The van der Waals surface area contributed by atoms with Crippen molar-refractivity contribution in [3.8, 4) is 0 Å². The number of para-hydroxylation sites is 2. The first-order valence-corrected chi connectivity index (χ1v) is 31.0. The lowest BCUT2D eigenvalue weighted by Gasteiger charge is -2.35. The molecular weight excluding hydrogens is 1120 g/mol. The normalized spacial score (nSPS) is 21.8. The van der Waals surface area contributed by atoms with Gasteiger partial charge in [0.25, 0.3) is 11.8 Å². The van der Waals surface area contributed by atoms with Gasteiger partial charge in [0.1, 0.15) is 47.6 Å². The van der Waals surface area contributed by atoms with Crippen LogP contribution in [0.2, 0.25) is 0 Å². The lowest BCUT2D eigenvalue weighted by Crippen LogP contribution is -2.56. The Morgan fingerprint density at radius 2 is 0.773 bits per heavy atom. The third-order valence-corrected chi connectivity index (χ3v) is 16.1. The maximum Gasteiger partial charge on any atom is 0.270 e. The second kappa shape index (κ2) is 33.3. The van der Waals surface area contributed by atoms with Gasteiger partial charge >= 0.3 is 0 Å². The van der Waals surface area contributed by atoms with Crippen LogP contribution in [0.15, 0.2) is 72.8 Å². The van der Waals surface area contributed by atoms with Crippen LogP contribution in [0, 0.1) is 23.7 Å². The molecular formula is C66H96N12O10. The number of benzene rings is 2. The monoisotopic (exact) mass is 1220 g/mol. The summed E-state index contributed by atoms with van der Waals surface area (Å²) in [6.07, 6.45) is 2.56. The van der Waals surface area contributed by atoms with Gasteiger partial charge in [-0.05, 0) is 112 Å². The molecule has 1 saturated heterocycles. The van der Waals surface area contributed by atoms with Crippen LogP contribution in [0.3, 0.4) is 0 Å². The Morgan fingerprint density at radius 1 is 0.443 bits per heavy atom. The van der Waals surface area contributed by atoms with Crippen LogP contribution in [-0.4, -0.2) is 203 Å². The van der Waals surface area contributed by atoms with Gasteiger partial charge in [-0.2, -0.15) is 0 Å². The van der Waals surface area contributed by atoms with Gasteiger partial charge in [0.2, 0.25) is 47.3 Å². The summed E-state index contributed by atoms with van der Waals surface area (Å²) in [6.45, 7) is 14.8. The standard InChI is InChI=1S/C66H96N12O10/c1-41(2)35-53-61(83)67-33-21-19-27-51(71-59(81)49-31-29-45-23-15-17-25-47(45)69-49)63(85)78(14)56(38-44(7)8)66(88)74(10)40-58(80)76(12)54(36-42(3)4)62(84)68-34-22-20-28-52(72-60(82)50-32-30-46-24-16-18-26-48(46)70-50)64(86)77(13)55(37-43(5)6)65(87)73(9)39-57(79)75(53)11/h15-18,23-26,29-32,41-44,51-56H,19-22,27-28,33-40H2,1-14H3,(H,67,83)(H,68,84)(H,71,81)(H,72,82)/t51-,52-,53-,54-,55-,56-/m0/s1. The van der Waals surface area contributed by atoms with Crippen molar-refractivity contribution in [2.45, 2.75) is 156 Å². The fourth-order valence-electron chi connectivity index (χ4n) is 10.9. The predicted molar refractivity (Wildman–Crippen MR) is 339 cm³/mol. The van der Waals surface area contributed by atoms with Crippen molar-refractivity contribution in [1.29, 1.82) is 0 Å². The van der Waals surface area contributed by atoms with Crippen LogP contribution in [0.4, 0.5) is 0 Å². The Bertz CT molecular complexity index is 2890. The lowest BCUT2D eigenvalue weighted by molar-refractivity contribution is -0.149. The van der Waals surface area contributed by atoms with Crippen LogP contribution < -0.4 is 21.3 Å². The molecule has 88 heavy (non-hydrogen) atoms. The van der Waals surface area contributed by atoms with E-state index in [-0.39, 0.29) is 73.8 Å². The largest absolute Gasteiger partial charge is 0.354 e. The Hall–Kier alpha value is -8.04. The molecule has 6 atom stereocenters. The molecule has 4 aromatic rings. The molecule has 2 aromatic heterocycles. The number of hydrogen-bond donors (Lipinski definition) is 4. The minimum Gasteiger partial charge on any atom is -0.354 e. The van der Waals surface area contributed by atoms with E-state index >= 15 is 0 Å². The van der Waals surface area contributed by atoms with E-state index in [0.717, 1.165) is 10.8 Å². The molecule has 0 unspecified atom stereocenters. The smallest absolute Gasteiger partial charge is 0.270 e. The van der Waals surface area contributed by atoms with Crippen LogP contribution in [0.5, 0.6) is 0 Å². The zero-order chi connectivity index (χ0) is 65.1. The summed E-state index contributed by atoms with van der Waals surface area (Å²) >= 11 is 0. The van der Waals surface area contributed by atoms with Crippen molar-refractivity contribution in [3.63, 3.8) is 0 Å². The summed E-state index contributed by atoms with van der Waals surface area (Å²) < 4.78 is 0. The molecule has 1 fully saturated rings. The minimum atomic E-state index is -1.15. The van der Waals surface area contributed by atoms with Crippen molar-refractivity contribution in [2.75, 3.05) is 68.5 Å². The summed E-state index contributed by atoms with van der Waals surface area (Å²) in [7, 11) is 8.96. The number of carbonyl (C=O) groups excluding carboxylic acids is 10. The number of aromatic nitrogens is 2. The van der Waals surface area contributed by atoms with Crippen LogP contribution >= 0.6 is 0 Å². The number of amides is 10. The first-order valence-electron chi connectivity index (χ1n) is 31.0. The van der Waals surface area contributed by atoms with Crippen LogP contribution in [0.1, 0.15) is 141 Å². The number of likely N-dealkylation sites (N-methyl/N-ethyl adjacent to an activating group) is 6. The highest BCUT2D eigenvalue weighted by Crippen LogP contribution is 2.22. The third kappa shape index (κ3) is 20.0. The first kappa shape index (κ1) is 70.7. The second-order valence-electron chi connectivity index (χ2n) is 25.3. The van der Waals surface area contributed by atoms with Crippen molar-refractivity contribution in [2.24, 2.45) is 23.7 Å². The molecule has 22 nitrogen and oxygen atoms in total. The highest BCUT2D eigenvalue weighted by atomic mass is 16.2. The fourth-order valence-corrected chi connectivity index (χ4v) is 10.9. The highest BCUT2D eigenvalue weighted by Gasteiger charge is 2.39. The van der Waals surface area contributed by atoms with Gasteiger partial charge in [-0.3, -0.25) is 47.9 Å². The van der Waals surface area contributed by atoms with Gasteiger partial charge < -0.3 is 50.7 Å². The van der Waals surface area contributed by atoms with E-state index in [1.165, 1.54) is 71.7 Å². The molecule has 1 aliphatic rings. The van der Waals surface area contributed by atoms with E-state index in [4.69, 9.17) is 0 Å².